The van der Waals surface area contributed by atoms with E-state index in [0.29, 0.717) is 11.4 Å². The number of rotatable bonds is 6. The van der Waals surface area contributed by atoms with Crippen LogP contribution in [0.2, 0.25) is 0 Å². The molecule has 0 saturated carbocycles. The fourth-order valence-electron chi connectivity index (χ4n) is 2.80. The van der Waals surface area contributed by atoms with Crippen LogP contribution in [0.25, 0.3) is 5.69 Å². The van der Waals surface area contributed by atoms with Crippen molar-refractivity contribution in [2.45, 2.75) is 43.7 Å². The van der Waals surface area contributed by atoms with E-state index in [4.69, 9.17) is 0 Å². The molecule has 30 heavy (non-hydrogen) atoms. The van der Waals surface area contributed by atoms with E-state index >= 15 is 0 Å². The van der Waals surface area contributed by atoms with E-state index in [1.165, 1.54) is 30.5 Å². The van der Waals surface area contributed by atoms with Crippen LogP contribution >= 0.6 is 0 Å². The van der Waals surface area contributed by atoms with Gasteiger partial charge in [-0.1, -0.05) is 32.9 Å². The van der Waals surface area contributed by atoms with Crippen LogP contribution in [-0.2, 0) is 21.6 Å². The summed E-state index contributed by atoms with van der Waals surface area (Å²) in [4.78, 5) is 0.129. The van der Waals surface area contributed by atoms with Crippen molar-refractivity contribution in [1.29, 1.82) is 0 Å². The van der Waals surface area contributed by atoms with E-state index in [1.807, 2.05) is 0 Å². The minimum absolute atomic E-state index is 0.0516. The summed E-state index contributed by atoms with van der Waals surface area (Å²) in [6.45, 7) is 6.25. The quantitative estimate of drug-likeness (QED) is 0.563. The fraction of sp³-hybridized carbons (Fsp3) is 0.286. The molecule has 1 heterocycles. The third-order valence-corrected chi connectivity index (χ3v) is 6.49. The maximum Gasteiger partial charge on any atom is 0.435 e. The summed E-state index contributed by atoms with van der Waals surface area (Å²) in [5.74, 6) is 0. The molecule has 5 nitrogen and oxygen atoms in total. The van der Waals surface area contributed by atoms with E-state index in [9.17, 15) is 21.6 Å². The zero-order chi connectivity index (χ0) is 22.2. The predicted molar refractivity (Wildman–Crippen MR) is 109 cm³/mol. The summed E-state index contributed by atoms with van der Waals surface area (Å²) >= 11 is 0. The molecule has 1 aromatic heterocycles. The highest BCUT2D eigenvalue weighted by atomic mass is 32.2. The van der Waals surface area contributed by atoms with Gasteiger partial charge in [0.15, 0.2) is 5.69 Å². The van der Waals surface area contributed by atoms with Gasteiger partial charge in [-0.15, -0.1) is 0 Å². The second kappa shape index (κ2) is 7.79. The lowest BCUT2D eigenvalue weighted by Crippen LogP contribution is -2.17. The van der Waals surface area contributed by atoms with E-state index in [2.05, 4.69) is 30.6 Å². The number of benzene rings is 2. The minimum Gasteiger partial charge on any atom is -0.280 e. The van der Waals surface area contributed by atoms with Crippen molar-refractivity contribution in [3.8, 4) is 5.69 Å². The first-order valence-corrected chi connectivity index (χ1v) is 10.8. The predicted octanol–water partition coefficient (Wildman–Crippen LogP) is 5.38. The maximum absolute atomic E-state index is 12.7. The van der Waals surface area contributed by atoms with Crippen molar-refractivity contribution in [3.63, 3.8) is 0 Å². The molecule has 160 valence electrons. The average Bonchev–Trinajstić information content (AvgIpc) is 3.19. The third-order valence-electron chi connectivity index (χ3n) is 5.09. The number of anilines is 1. The second-order valence-corrected chi connectivity index (χ2v) is 9.24. The lowest BCUT2D eigenvalue weighted by Gasteiger charge is -2.23. The van der Waals surface area contributed by atoms with Crippen molar-refractivity contribution in [1.82, 2.24) is 9.78 Å². The Kier molecular flexibility index (Phi) is 5.68. The maximum atomic E-state index is 12.7. The van der Waals surface area contributed by atoms with Crippen LogP contribution in [0.4, 0.5) is 18.9 Å². The van der Waals surface area contributed by atoms with Gasteiger partial charge >= 0.3 is 6.18 Å². The molecule has 2 aromatic carbocycles. The van der Waals surface area contributed by atoms with Gasteiger partial charge in [0.05, 0.1) is 10.6 Å². The Morgan fingerprint density at radius 2 is 1.57 bits per heavy atom. The smallest absolute Gasteiger partial charge is 0.280 e. The van der Waals surface area contributed by atoms with Crippen molar-refractivity contribution in [3.05, 3.63) is 72.1 Å². The molecule has 9 heteroatoms. The molecule has 3 aromatic rings. The van der Waals surface area contributed by atoms with Crippen molar-refractivity contribution in [2.24, 2.45) is 0 Å². The lowest BCUT2D eigenvalue weighted by atomic mass is 9.82. The van der Waals surface area contributed by atoms with Gasteiger partial charge in [-0.25, -0.2) is 13.1 Å². The molecule has 3 rings (SSSR count). The van der Waals surface area contributed by atoms with Crippen LogP contribution in [0.5, 0.6) is 0 Å². The first-order chi connectivity index (χ1) is 13.9. The van der Waals surface area contributed by atoms with Gasteiger partial charge in [0.25, 0.3) is 10.0 Å². The number of nitrogens with one attached hydrogen (secondary N) is 1. The average molecular weight is 437 g/mol. The van der Waals surface area contributed by atoms with Crippen molar-refractivity contribution < 1.29 is 21.6 Å². The van der Waals surface area contributed by atoms with E-state index < -0.39 is 21.9 Å². The number of hydrogen-bond donors (Lipinski definition) is 1. The summed E-state index contributed by atoms with van der Waals surface area (Å²) < 4.78 is 66.9. The molecule has 0 unspecified atom stereocenters. The summed E-state index contributed by atoms with van der Waals surface area (Å²) in [5, 5.41) is 3.49. The van der Waals surface area contributed by atoms with Crippen LogP contribution in [0.15, 0.2) is 65.7 Å². The molecule has 0 spiro atoms. The third kappa shape index (κ3) is 4.67. The van der Waals surface area contributed by atoms with Gasteiger partial charge in [0.1, 0.15) is 0 Å². The van der Waals surface area contributed by atoms with Crippen LogP contribution in [0.3, 0.4) is 0 Å². The van der Waals surface area contributed by atoms with Gasteiger partial charge in [-0.05, 0) is 59.9 Å². The van der Waals surface area contributed by atoms with E-state index in [-0.39, 0.29) is 10.3 Å². The Morgan fingerprint density at radius 3 is 2.07 bits per heavy atom. The summed E-state index contributed by atoms with van der Waals surface area (Å²) in [6, 6.07) is 13.5. The number of nitrogens with zero attached hydrogens (tertiary/aromatic N) is 2. The number of hydrogen-bond acceptors (Lipinski definition) is 3. The molecule has 0 aliphatic heterocycles. The summed E-state index contributed by atoms with van der Waals surface area (Å²) in [7, 11) is -3.80. The second-order valence-electron chi connectivity index (χ2n) is 7.56. The van der Waals surface area contributed by atoms with Gasteiger partial charge in [-0.3, -0.25) is 4.72 Å². The Morgan fingerprint density at radius 1 is 0.967 bits per heavy atom. The largest absolute Gasteiger partial charge is 0.435 e. The summed E-state index contributed by atoms with van der Waals surface area (Å²) in [5.41, 5.74) is 0.663. The zero-order valence-corrected chi connectivity index (χ0v) is 17.6. The highest BCUT2D eigenvalue weighted by Gasteiger charge is 2.33. The SMILES string of the molecule is CCC(C)(C)c1ccc(S(=O)(=O)Nc2ccc(-n3ccc(C(F)(F)F)n3)cc2)cc1. The molecule has 0 amide bonds. The monoisotopic (exact) mass is 437 g/mol. The summed E-state index contributed by atoms with van der Waals surface area (Å²) in [6.07, 6.45) is -2.41. The normalized spacial score (nSPS) is 12.7. The van der Waals surface area contributed by atoms with Crippen LogP contribution in [0.1, 0.15) is 38.4 Å². The molecule has 0 bridgehead atoms. The van der Waals surface area contributed by atoms with Gasteiger partial charge < -0.3 is 0 Å². The topological polar surface area (TPSA) is 64.0 Å². The highest BCUT2D eigenvalue weighted by Crippen LogP contribution is 2.29. The fourth-order valence-corrected chi connectivity index (χ4v) is 3.86. The molecule has 0 aliphatic carbocycles. The minimum atomic E-state index is -4.53. The number of halogens is 3. The van der Waals surface area contributed by atoms with Gasteiger partial charge in [-0.2, -0.15) is 18.3 Å². The van der Waals surface area contributed by atoms with Crippen LogP contribution in [-0.4, -0.2) is 18.2 Å². The van der Waals surface area contributed by atoms with E-state index in [0.717, 1.165) is 22.7 Å². The first kappa shape index (κ1) is 21.9. The first-order valence-electron chi connectivity index (χ1n) is 9.29. The number of aromatic nitrogens is 2. The molecular formula is C21H22F3N3O2S. The Bertz CT molecular complexity index is 1120. The Balaban J connectivity index is 1.77. The molecule has 0 aliphatic rings. The van der Waals surface area contributed by atoms with Crippen molar-refractivity contribution in [2.75, 3.05) is 4.72 Å². The lowest BCUT2D eigenvalue weighted by molar-refractivity contribution is -0.141. The number of sulfonamides is 1. The van der Waals surface area contributed by atoms with Crippen molar-refractivity contribution >= 4 is 15.7 Å². The highest BCUT2D eigenvalue weighted by molar-refractivity contribution is 7.92. The molecule has 0 fully saturated rings. The zero-order valence-electron chi connectivity index (χ0n) is 16.7. The number of alkyl halides is 3. The van der Waals surface area contributed by atoms with Crippen LogP contribution < -0.4 is 4.72 Å². The van der Waals surface area contributed by atoms with Crippen LogP contribution in [0, 0.1) is 0 Å². The van der Waals surface area contributed by atoms with Gasteiger partial charge in [0, 0.05) is 11.9 Å². The molecular weight excluding hydrogens is 415 g/mol. The van der Waals surface area contributed by atoms with Gasteiger partial charge in [0.2, 0.25) is 0 Å². The Hall–Kier alpha value is -2.81. The molecule has 0 atom stereocenters. The standard InChI is InChI=1S/C21H22F3N3O2S/c1-4-20(2,3)15-5-11-18(12-6-15)30(28,29)26-16-7-9-17(10-8-16)27-14-13-19(25-27)21(22,23)24/h5-14,26H,4H2,1-3H3. The molecule has 0 saturated heterocycles. The van der Waals surface area contributed by atoms with E-state index in [1.54, 1.807) is 24.3 Å². The Labute approximate surface area is 173 Å². The molecule has 0 radical (unpaired) electrons. The molecule has 1 N–H and O–H groups in total.